The van der Waals surface area contributed by atoms with Crippen LogP contribution in [-0.2, 0) is 0 Å². The van der Waals surface area contributed by atoms with Gasteiger partial charge in [-0.1, -0.05) is 172 Å². The van der Waals surface area contributed by atoms with Gasteiger partial charge in [0.1, 0.15) is 19.6 Å². The topological polar surface area (TPSA) is 13.3 Å². The largest absolute Gasteiger partial charge is 0.305 e. The second-order valence-electron chi connectivity index (χ2n) is 19.1. The van der Waals surface area contributed by atoms with Crippen LogP contribution >= 0.6 is 0 Å². The van der Waals surface area contributed by atoms with E-state index in [1.807, 2.05) is 0 Å². The van der Waals surface area contributed by atoms with Crippen LogP contribution in [0.4, 0.5) is 0 Å². The third-order valence-corrected chi connectivity index (χ3v) is 13.7. The maximum Gasteiger partial charge on any atom is 0.100 e. The molecule has 0 saturated heterocycles. The molecule has 0 aromatic rings. The standard InChI is InChI=1S/C54H93N3/c1-4-10-16-22-28-37-52-40-34-47-56(49-52)44-32-26-20-14-8-3-6-12-18-24-30-39-54-42-36-48-57(51-54)45-33-27-21-15-9-2-5-11-17-23-29-38-53-41-35-46-55(50-53)43-31-25-19-13-7-1/h34-36,40-42,49-51H,1-33,37-39,43-48H2/p+3. The van der Waals surface area contributed by atoms with Crippen LogP contribution in [0.2, 0.25) is 0 Å². The minimum Gasteiger partial charge on any atom is -0.305 e. The van der Waals surface area contributed by atoms with E-state index in [0.29, 0.717) is 0 Å². The molecule has 0 fully saturated rings. The molecule has 0 radical (unpaired) electrons. The highest BCUT2D eigenvalue weighted by Crippen LogP contribution is 2.18. The first-order valence-electron chi connectivity index (χ1n) is 26.0. The molecule has 57 heavy (non-hydrogen) atoms. The van der Waals surface area contributed by atoms with Crippen molar-refractivity contribution < 1.29 is 14.7 Å². The van der Waals surface area contributed by atoms with Gasteiger partial charge in [0, 0.05) is 16.7 Å². The Morgan fingerprint density at radius 1 is 0.228 bits per heavy atom. The number of hydrogen-bond acceptors (Lipinski definition) is 0. The number of fused-ring (bicyclic) bond motifs is 3. The van der Waals surface area contributed by atoms with E-state index in [1.54, 1.807) is 31.4 Å². The number of hydrogen-bond donors (Lipinski definition) is 3. The Kier molecular flexibility index (Phi) is 28.7. The zero-order valence-corrected chi connectivity index (χ0v) is 37.9. The van der Waals surface area contributed by atoms with Crippen molar-refractivity contribution in [2.24, 2.45) is 0 Å². The number of nitrogens with one attached hydrogen (secondary N) is 3. The molecule has 0 spiro atoms. The molecule has 3 atom stereocenters. The molecule has 4 aliphatic heterocycles. The van der Waals surface area contributed by atoms with Crippen LogP contribution in [0.15, 0.2) is 71.8 Å². The molecule has 4 rings (SSSR count). The first-order valence-corrected chi connectivity index (χ1v) is 26.0. The second kappa shape index (κ2) is 34.1. The Labute approximate surface area is 355 Å². The van der Waals surface area contributed by atoms with Crippen LogP contribution in [0.25, 0.3) is 0 Å². The maximum atomic E-state index is 2.57. The Hall–Kier alpha value is -1.68. The normalized spacial score (nSPS) is 27.8. The molecule has 324 valence electrons. The predicted molar refractivity (Wildman–Crippen MR) is 250 cm³/mol. The number of quaternary nitrogens is 3. The summed E-state index contributed by atoms with van der Waals surface area (Å²) in [5, 5.41) is 0. The van der Waals surface area contributed by atoms with E-state index in [2.05, 4.69) is 55.1 Å². The van der Waals surface area contributed by atoms with Crippen LogP contribution in [0.3, 0.4) is 0 Å². The average molecular weight is 787 g/mol. The SMILES string of the molecule is C1=CC2=C[NH+](C1)CCCCCCCCCCCCCC1=C[NH+](CC=C1)CCCCCCCCCCCCCC1=C[NH+](CC=C1)CCCCCCCCCCCCC2. The van der Waals surface area contributed by atoms with E-state index in [4.69, 9.17) is 0 Å². The molecule has 3 N–H and O–H groups in total. The Balaban J connectivity index is 1.06. The fourth-order valence-electron chi connectivity index (χ4n) is 10.00. The zero-order valence-electron chi connectivity index (χ0n) is 37.9. The minimum absolute atomic E-state index is 1.20. The Morgan fingerprint density at radius 2 is 0.421 bits per heavy atom. The molecule has 4 heterocycles. The molecule has 0 amide bonds. The molecule has 4 aliphatic rings. The predicted octanol–water partition coefficient (Wildman–Crippen LogP) is 12.1. The quantitative estimate of drug-likeness (QED) is 0.216. The van der Waals surface area contributed by atoms with E-state index in [1.165, 1.54) is 270 Å². The van der Waals surface area contributed by atoms with Gasteiger partial charge in [-0.15, -0.1) is 0 Å². The lowest BCUT2D eigenvalue weighted by atomic mass is 10.0. The molecular weight excluding hydrogens is 691 g/mol. The van der Waals surface area contributed by atoms with Gasteiger partial charge in [-0.25, -0.2) is 0 Å². The fraction of sp³-hybridized carbons (Fsp3) is 0.778. The number of allylic oxidation sites excluding steroid dienone is 6. The van der Waals surface area contributed by atoms with Gasteiger partial charge in [0.25, 0.3) is 0 Å². The van der Waals surface area contributed by atoms with Crippen molar-refractivity contribution in [2.75, 3.05) is 39.3 Å². The first-order chi connectivity index (χ1) is 28.3. The average Bonchev–Trinajstić information content (AvgIpc) is 3.23. The zero-order chi connectivity index (χ0) is 39.5. The van der Waals surface area contributed by atoms with Crippen LogP contribution in [0, 0.1) is 0 Å². The van der Waals surface area contributed by atoms with Gasteiger partial charge >= 0.3 is 0 Å². The summed E-state index contributed by atoms with van der Waals surface area (Å²) in [6.45, 7) is 7.59. The van der Waals surface area contributed by atoms with Crippen molar-refractivity contribution in [3.63, 3.8) is 0 Å². The van der Waals surface area contributed by atoms with E-state index in [9.17, 15) is 0 Å². The molecular formula is C54H96N3+3. The highest BCUT2D eigenvalue weighted by atomic mass is 15.1. The Morgan fingerprint density at radius 3 is 0.649 bits per heavy atom. The summed E-state index contributed by atoms with van der Waals surface area (Å²) >= 11 is 0. The van der Waals surface area contributed by atoms with Gasteiger partial charge in [0.15, 0.2) is 0 Å². The third kappa shape index (κ3) is 25.5. The summed E-state index contributed by atoms with van der Waals surface area (Å²) in [5.74, 6) is 0. The van der Waals surface area contributed by atoms with Gasteiger partial charge in [-0.05, 0) is 95.3 Å². The van der Waals surface area contributed by atoms with E-state index < -0.39 is 0 Å². The Bertz CT molecular complexity index is 1010. The van der Waals surface area contributed by atoms with Crippen LogP contribution in [-0.4, -0.2) is 39.3 Å². The minimum atomic E-state index is 1.20. The van der Waals surface area contributed by atoms with Crippen molar-refractivity contribution >= 4 is 0 Å². The highest BCUT2D eigenvalue weighted by molar-refractivity contribution is 5.19. The van der Waals surface area contributed by atoms with Gasteiger partial charge < -0.3 is 14.7 Å². The monoisotopic (exact) mass is 787 g/mol. The van der Waals surface area contributed by atoms with Gasteiger partial charge in [-0.2, -0.15) is 0 Å². The summed E-state index contributed by atoms with van der Waals surface area (Å²) in [6.07, 6.45) is 73.5. The van der Waals surface area contributed by atoms with Crippen molar-refractivity contribution in [1.82, 2.24) is 0 Å². The lowest BCUT2D eigenvalue weighted by Crippen LogP contribution is -3.07. The van der Waals surface area contributed by atoms with Crippen molar-refractivity contribution in [1.29, 1.82) is 0 Å². The van der Waals surface area contributed by atoms with Crippen LogP contribution < -0.4 is 14.7 Å². The molecule has 3 heteroatoms. The summed E-state index contributed by atoms with van der Waals surface area (Å²) in [5.41, 5.74) is 4.82. The first kappa shape index (κ1) is 48.0. The smallest absolute Gasteiger partial charge is 0.100 e. The molecule has 0 aromatic heterocycles. The van der Waals surface area contributed by atoms with Crippen molar-refractivity contribution in [3.05, 3.63) is 71.8 Å². The van der Waals surface area contributed by atoms with E-state index in [-0.39, 0.29) is 0 Å². The van der Waals surface area contributed by atoms with Crippen LogP contribution in [0.5, 0.6) is 0 Å². The molecule has 0 saturated carbocycles. The number of rotatable bonds is 0. The van der Waals surface area contributed by atoms with E-state index in [0.717, 1.165) is 0 Å². The lowest BCUT2D eigenvalue weighted by molar-refractivity contribution is -0.842. The maximum absolute atomic E-state index is 2.57. The fourth-order valence-corrected chi connectivity index (χ4v) is 10.00. The third-order valence-electron chi connectivity index (χ3n) is 13.7. The highest BCUT2D eigenvalue weighted by Gasteiger charge is 2.12. The van der Waals surface area contributed by atoms with Crippen molar-refractivity contribution in [3.8, 4) is 0 Å². The molecule has 3 unspecified atom stereocenters. The molecule has 0 aromatic carbocycles. The molecule has 0 aliphatic carbocycles. The summed E-state index contributed by atoms with van der Waals surface area (Å²) in [6, 6.07) is 0. The van der Waals surface area contributed by atoms with Gasteiger partial charge in [-0.3, -0.25) is 0 Å². The molecule has 6 bridgehead atoms. The van der Waals surface area contributed by atoms with Gasteiger partial charge in [0.05, 0.1) is 38.2 Å². The summed E-state index contributed by atoms with van der Waals surface area (Å²) in [4.78, 5) is 5.10. The van der Waals surface area contributed by atoms with Crippen molar-refractivity contribution in [2.45, 2.75) is 231 Å². The van der Waals surface area contributed by atoms with Crippen LogP contribution in [0.1, 0.15) is 231 Å². The molecule has 3 nitrogen and oxygen atoms in total. The van der Waals surface area contributed by atoms with E-state index >= 15 is 0 Å². The summed E-state index contributed by atoms with van der Waals surface area (Å²) in [7, 11) is 0. The lowest BCUT2D eigenvalue weighted by Gasteiger charge is -2.18. The second-order valence-corrected chi connectivity index (χ2v) is 19.1. The van der Waals surface area contributed by atoms with Gasteiger partial charge in [0.2, 0.25) is 0 Å². The summed E-state index contributed by atoms with van der Waals surface area (Å²) < 4.78 is 0.